The molecular formula is C15H14ClNO5. The standard InChI is InChI=1S/C15H14ClNO5/c16-12-5-1-2-6-13(12)21-10-15(19)22-9-14(18)17-8-11-4-3-7-20-11/h1-7H,8-10H2,(H,17,18). The molecule has 1 aromatic carbocycles. The maximum Gasteiger partial charge on any atom is 0.344 e. The van der Waals surface area contributed by atoms with Crippen molar-refractivity contribution in [2.24, 2.45) is 0 Å². The van der Waals surface area contributed by atoms with Crippen LogP contribution in [0, 0.1) is 0 Å². The van der Waals surface area contributed by atoms with Gasteiger partial charge in [-0.05, 0) is 24.3 Å². The highest BCUT2D eigenvalue weighted by Crippen LogP contribution is 2.22. The summed E-state index contributed by atoms with van der Waals surface area (Å²) in [7, 11) is 0. The zero-order valence-corrected chi connectivity index (χ0v) is 12.3. The maximum atomic E-state index is 11.5. The summed E-state index contributed by atoms with van der Waals surface area (Å²) in [6.07, 6.45) is 1.51. The molecule has 1 amide bonds. The molecule has 0 radical (unpaired) electrons. The predicted molar refractivity (Wildman–Crippen MR) is 78.5 cm³/mol. The number of rotatable bonds is 7. The summed E-state index contributed by atoms with van der Waals surface area (Å²) in [5.41, 5.74) is 0. The number of hydrogen-bond acceptors (Lipinski definition) is 5. The molecule has 22 heavy (non-hydrogen) atoms. The third-order valence-corrected chi connectivity index (χ3v) is 2.90. The number of carbonyl (C=O) groups is 2. The van der Waals surface area contributed by atoms with Crippen LogP contribution in [-0.2, 0) is 20.9 Å². The molecule has 1 aromatic heterocycles. The molecule has 0 saturated heterocycles. The molecule has 0 unspecified atom stereocenters. The number of para-hydroxylation sites is 1. The largest absolute Gasteiger partial charge is 0.480 e. The van der Waals surface area contributed by atoms with Crippen molar-refractivity contribution in [2.75, 3.05) is 13.2 Å². The summed E-state index contributed by atoms with van der Waals surface area (Å²) in [5.74, 6) is -0.0966. The molecule has 0 atom stereocenters. The van der Waals surface area contributed by atoms with Crippen LogP contribution in [0.2, 0.25) is 5.02 Å². The SMILES string of the molecule is O=C(COC(=O)COc1ccccc1Cl)NCc1ccco1. The van der Waals surface area contributed by atoms with Gasteiger partial charge in [0.25, 0.3) is 5.91 Å². The second-order valence-electron chi connectivity index (χ2n) is 4.24. The summed E-state index contributed by atoms with van der Waals surface area (Å²) < 4.78 is 15.0. The molecule has 2 rings (SSSR count). The van der Waals surface area contributed by atoms with Crippen molar-refractivity contribution < 1.29 is 23.5 Å². The minimum atomic E-state index is -0.659. The molecular weight excluding hydrogens is 310 g/mol. The fourth-order valence-electron chi connectivity index (χ4n) is 1.54. The van der Waals surface area contributed by atoms with Crippen molar-refractivity contribution >= 4 is 23.5 Å². The van der Waals surface area contributed by atoms with E-state index in [0.717, 1.165) is 0 Å². The fraction of sp³-hybridized carbons (Fsp3) is 0.200. The first-order valence-corrected chi connectivity index (χ1v) is 6.85. The molecule has 0 aliphatic heterocycles. The number of hydrogen-bond donors (Lipinski definition) is 1. The molecule has 0 fully saturated rings. The van der Waals surface area contributed by atoms with Crippen LogP contribution in [0.25, 0.3) is 0 Å². The van der Waals surface area contributed by atoms with Crippen LogP contribution < -0.4 is 10.1 Å². The van der Waals surface area contributed by atoms with Crippen LogP contribution in [-0.4, -0.2) is 25.1 Å². The highest BCUT2D eigenvalue weighted by Gasteiger charge is 2.09. The van der Waals surface area contributed by atoms with Crippen molar-refractivity contribution in [3.8, 4) is 5.75 Å². The number of benzene rings is 1. The van der Waals surface area contributed by atoms with Gasteiger partial charge < -0.3 is 19.2 Å². The maximum absolute atomic E-state index is 11.5. The van der Waals surface area contributed by atoms with E-state index in [1.54, 1.807) is 36.4 Å². The molecule has 1 heterocycles. The van der Waals surface area contributed by atoms with Crippen LogP contribution in [0.1, 0.15) is 5.76 Å². The summed E-state index contributed by atoms with van der Waals surface area (Å²) in [4.78, 5) is 23.0. The number of esters is 1. The molecule has 0 aliphatic carbocycles. The second kappa shape index (κ2) is 8.09. The molecule has 1 N–H and O–H groups in total. The topological polar surface area (TPSA) is 77.8 Å². The van der Waals surface area contributed by atoms with Crippen LogP contribution in [0.15, 0.2) is 47.1 Å². The van der Waals surface area contributed by atoms with Gasteiger partial charge in [-0.3, -0.25) is 4.79 Å². The van der Waals surface area contributed by atoms with E-state index in [-0.39, 0.29) is 19.8 Å². The van der Waals surface area contributed by atoms with E-state index in [9.17, 15) is 9.59 Å². The smallest absolute Gasteiger partial charge is 0.344 e. The van der Waals surface area contributed by atoms with Crippen LogP contribution in [0.3, 0.4) is 0 Å². The Bertz CT molecular complexity index is 627. The minimum absolute atomic E-state index is 0.236. The zero-order chi connectivity index (χ0) is 15.8. The van der Waals surface area contributed by atoms with Crippen molar-refractivity contribution in [2.45, 2.75) is 6.54 Å². The van der Waals surface area contributed by atoms with Gasteiger partial charge in [-0.2, -0.15) is 0 Å². The van der Waals surface area contributed by atoms with Crippen molar-refractivity contribution in [1.82, 2.24) is 5.32 Å². The zero-order valence-electron chi connectivity index (χ0n) is 11.6. The van der Waals surface area contributed by atoms with Crippen LogP contribution in [0.4, 0.5) is 0 Å². The number of carbonyl (C=O) groups excluding carboxylic acids is 2. The van der Waals surface area contributed by atoms with Gasteiger partial charge in [0.05, 0.1) is 17.8 Å². The van der Waals surface area contributed by atoms with E-state index in [1.807, 2.05) is 0 Å². The van der Waals surface area contributed by atoms with Gasteiger partial charge in [-0.15, -0.1) is 0 Å². The third-order valence-electron chi connectivity index (χ3n) is 2.59. The lowest BCUT2D eigenvalue weighted by molar-refractivity contribution is -0.150. The Kier molecular flexibility index (Phi) is 5.85. The fourth-order valence-corrected chi connectivity index (χ4v) is 1.73. The Morgan fingerprint density at radius 2 is 1.95 bits per heavy atom. The van der Waals surface area contributed by atoms with E-state index in [1.165, 1.54) is 6.26 Å². The number of halogens is 1. The van der Waals surface area contributed by atoms with Gasteiger partial charge in [0.1, 0.15) is 11.5 Å². The third kappa shape index (κ3) is 5.14. The average molecular weight is 324 g/mol. The Morgan fingerprint density at radius 3 is 2.68 bits per heavy atom. The van der Waals surface area contributed by atoms with Crippen molar-refractivity contribution in [3.63, 3.8) is 0 Å². The van der Waals surface area contributed by atoms with Crippen molar-refractivity contribution in [3.05, 3.63) is 53.4 Å². The van der Waals surface area contributed by atoms with Gasteiger partial charge in [-0.25, -0.2) is 4.79 Å². The van der Waals surface area contributed by atoms with Gasteiger partial charge in [-0.1, -0.05) is 23.7 Å². The Balaban J connectivity index is 1.65. The van der Waals surface area contributed by atoms with Gasteiger partial charge in [0.2, 0.25) is 0 Å². The quantitative estimate of drug-likeness (QED) is 0.790. The highest BCUT2D eigenvalue weighted by molar-refractivity contribution is 6.32. The van der Waals surface area contributed by atoms with Gasteiger partial charge in [0, 0.05) is 0 Å². The Labute approximate surface area is 132 Å². The second-order valence-corrected chi connectivity index (χ2v) is 4.64. The molecule has 6 nitrogen and oxygen atoms in total. The Hall–Kier alpha value is -2.47. The number of nitrogens with one attached hydrogen (secondary N) is 1. The summed E-state index contributed by atoms with van der Waals surface area (Å²) in [6, 6.07) is 10.2. The lowest BCUT2D eigenvalue weighted by Crippen LogP contribution is -2.29. The molecule has 7 heteroatoms. The normalized spacial score (nSPS) is 10.0. The van der Waals surface area contributed by atoms with E-state index < -0.39 is 11.9 Å². The first-order valence-electron chi connectivity index (χ1n) is 6.47. The van der Waals surface area contributed by atoms with E-state index in [0.29, 0.717) is 16.5 Å². The van der Waals surface area contributed by atoms with Gasteiger partial charge in [0.15, 0.2) is 13.2 Å². The van der Waals surface area contributed by atoms with E-state index in [2.05, 4.69) is 5.32 Å². The van der Waals surface area contributed by atoms with E-state index >= 15 is 0 Å². The molecule has 2 aromatic rings. The first-order chi connectivity index (χ1) is 10.6. The highest BCUT2D eigenvalue weighted by atomic mass is 35.5. The molecule has 0 bridgehead atoms. The van der Waals surface area contributed by atoms with Crippen molar-refractivity contribution in [1.29, 1.82) is 0 Å². The lowest BCUT2D eigenvalue weighted by atomic mass is 10.3. The minimum Gasteiger partial charge on any atom is -0.480 e. The lowest BCUT2D eigenvalue weighted by Gasteiger charge is -2.08. The molecule has 0 aliphatic rings. The molecule has 116 valence electrons. The van der Waals surface area contributed by atoms with Crippen LogP contribution in [0.5, 0.6) is 5.75 Å². The number of furan rings is 1. The predicted octanol–water partition coefficient (Wildman–Crippen LogP) is 2.17. The number of amides is 1. The molecule has 0 saturated carbocycles. The monoisotopic (exact) mass is 323 g/mol. The Morgan fingerprint density at radius 1 is 1.14 bits per heavy atom. The van der Waals surface area contributed by atoms with Crippen LogP contribution >= 0.6 is 11.6 Å². The average Bonchev–Trinajstić information content (AvgIpc) is 3.03. The number of ether oxygens (including phenoxy) is 2. The summed E-state index contributed by atoms with van der Waals surface area (Å²) in [6.45, 7) is -0.472. The van der Waals surface area contributed by atoms with Gasteiger partial charge >= 0.3 is 5.97 Å². The summed E-state index contributed by atoms with van der Waals surface area (Å²) >= 11 is 5.88. The first kappa shape index (κ1) is 15.9. The summed E-state index contributed by atoms with van der Waals surface area (Å²) in [5, 5.41) is 2.95. The van der Waals surface area contributed by atoms with E-state index in [4.69, 9.17) is 25.5 Å². The molecule has 0 spiro atoms.